The summed E-state index contributed by atoms with van der Waals surface area (Å²) in [6.45, 7) is 21.4. The molecule has 0 aromatic heterocycles. The number of fused-ring (bicyclic) bond motifs is 3. The third-order valence-corrected chi connectivity index (χ3v) is 8.86. The van der Waals surface area contributed by atoms with Crippen molar-refractivity contribution in [3.8, 4) is 11.1 Å². The van der Waals surface area contributed by atoms with Crippen LogP contribution >= 0.6 is 0 Å². The lowest BCUT2D eigenvalue weighted by molar-refractivity contribution is 0.582. The molecule has 0 fully saturated rings. The van der Waals surface area contributed by atoms with Gasteiger partial charge in [0.25, 0.3) is 0 Å². The predicted octanol–water partition coefficient (Wildman–Crippen LogP) is 8.31. The molecule has 0 spiro atoms. The van der Waals surface area contributed by atoms with Gasteiger partial charge < -0.3 is 0 Å². The summed E-state index contributed by atoms with van der Waals surface area (Å²) in [5, 5.41) is 1.59. The van der Waals surface area contributed by atoms with Gasteiger partial charge in [-0.05, 0) is 56.2 Å². The second-order valence-electron chi connectivity index (χ2n) is 12.4. The molecule has 2 aromatic carbocycles. The molecule has 158 valence electrons. The van der Waals surface area contributed by atoms with Crippen LogP contribution in [0.3, 0.4) is 0 Å². The molecule has 0 saturated heterocycles. The molecular formula is C29H38Si. The Kier molecular flexibility index (Phi) is 4.86. The van der Waals surface area contributed by atoms with Crippen molar-refractivity contribution in [2.45, 2.75) is 84.4 Å². The van der Waals surface area contributed by atoms with Gasteiger partial charge in [-0.2, -0.15) is 0 Å². The number of hydrogen-bond acceptors (Lipinski definition) is 0. The predicted molar refractivity (Wildman–Crippen MR) is 135 cm³/mol. The van der Waals surface area contributed by atoms with Crippen LogP contribution in [0.25, 0.3) is 11.1 Å². The lowest BCUT2D eigenvalue weighted by Gasteiger charge is -2.27. The maximum atomic E-state index is 2.54. The third kappa shape index (κ3) is 3.78. The molecule has 2 aliphatic carbocycles. The largest absolute Gasteiger partial charge is 0.0772 e. The fraction of sp³-hybridized carbons (Fsp3) is 0.448. The van der Waals surface area contributed by atoms with E-state index in [0.717, 1.165) is 6.42 Å². The van der Waals surface area contributed by atoms with Crippen molar-refractivity contribution in [1.29, 1.82) is 0 Å². The van der Waals surface area contributed by atoms with Gasteiger partial charge in [-0.25, -0.2) is 0 Å². The van der Waals surface area contributed by atoms with Crippen LogP contribution in [0, 0.1) is 0 Å². The summed E-state index contributed by atoms with van der Waals surface area (Å²) in [6.07, 6.45) is 8.45. The lowest BCUT2D eigenvalue weighted by atomic mass is 9.78. The molecule has 2 aromatic rings. The van der Waals surface area contributed by atoms with Crippen LogP contribution in [-0.2, 0) is 17.3 Å². The minimum absolute atomic E-state index is 0.123. The van der Waals surface area contributed by atoms with Gasteiger partial charge >= 0.3 is 0 Å². The van der Waals surface area contributed by atoms with Crippen LogP contribution < -0.4 is 0 Å². The summed E-state index contributed by atoms with van der Waals surface area (Å²) in [6, 6.07) is 12.2. The average Bonchev–Trinajstić information content (AvgIpc) is 3.23. The third-order valence-electron chi connectivity index (χ3n) is 6.80. The second-order valence-corrected chi connectivity index (χ2v) is 17.5. The van der Waals surface area contributed by atoms with Gasteiger partial charge in [0.2, 0.25) is 0 Å². The molecule has 4 rings (SSSR count). The quantitative estimate of drug-likeness (QED) is 0.370. The number of rotatable bonds is 2. The number of allylic oxidation sites excluding steroid dienone is 4. The standard InChI is InChI=1S/C29H38Si/c1-28(2,3)22-12-10-19-14-21-16-26(20-11-13-23(15-20)30(7,8)9)27(29(4,5)6)18-25(21)24(19)17-22/h10-13,15-18,20H,14H2,1-9H3. The van der Waals surface area contributed by atoms with Crippen LogP contribution in [0.2, 0.25) is 19.6 Å². The zero-order chi connectivity index (χ0) is 22.1. The Bertz CT molecular complexity index is 1060. The highest BCUT2D eigenvalue weighted by molar-refractivity contribution is 6.83. The molecule has 1 heteroatoms. The van der Waals surface area contributed by atoms with E-state index < -0.39 is 8.07 Å². The van der Waals surface area contributed by atoms with Crippen molar-refractivity contribution in [3.63, 3.8) is 0 Å². The van der Waals surface area contributed by atoms with E-state index in [1.807, 2.05) is 0 Å². The van der Waals surface area contributed by atoms with E-state index >= 15 is 0 Å². The van der Waals surface area contributed by atoms with Gasteiger partial charge in [0.15, 0.2) is 0 Å². The van der Waals surface area contributed by atoms with E-state index in [1.54, 1.807) is 5.20 Å². The summed E-state index contributed by atoms with van der Waals surface area (Å²) < 4.78 is 0. The highest BCUT2D eigenvalue weighted by atomic mass is 28.3. The highest BCUT2D eigenvalue weighted by Gasteiger charge is 2.30. The first kappa shape index (κ1) is 21.4. The molecule has 0 saturated carbocycles. The molecule has 0 aliphatic heterocycles. The van der Waals surface area contributed by atoms with Gasteiger partial charge in [-0.3, -0.25) is 0 Å². The van der Waals surface area contributed by atoms with Gasteiger partial charge in [-0.1, -0.05) is 115 Å². The molecule has 0 N–H and O–H groups in total. The minimum Gasteiger partial charge on any atom is -0.0740 e. The zero-order valence-electron chi connectivity index (χ0n) is 20.4. The lowest BCUT2D eigenvalue weighted by Crippen LogP contribution is -2.22. The first-order chi connectivity index (χ1) is 13.7. The Balaban J connectivity index is 1.86. The van der Waals surface area contributed by atoms with E-state index in [-0.39, 0.29) is 10.8 Å². The highest BCUT2D eigenvalue weighted by Crippen LogP contribution is 2.45. The normalized spacial score (nSPS) is 18.4. The van der Waals surface area contributed by atoms with Crippen molar-refractivity contribution in [1.82, 2.24) is 0 Å². The molecule has 0 amide bonds. The SMILES string of the molecule is CC(C)(C)c1ccc2c(c1)-c1cc(C(C)(C)C)c(C3C=CC([Si](C)(C)C)=C3)cc1C2. The number of benzene rings is 2. The molecule has 1 atom stereocenters. The summed E-state index contributed by atoms with van der Waals surface area (Å²) in [4.78, 5) is 0. The van der Waals surface area contributed by atoms with E-state index in [4.69, 9.17) is 0 Å². The summed E-state index contributed by atoms with van der Waals surface area (Å²) in [7, 11) is -1.28. The Morgan fingerprint density at radius 3 is 2.03 bits per heavy atom. The van der Waals surface area contributed by atoms with Crippen molar-refractivity contribution >= 4 is 8.07 Å². The van der Waals surface area contributed by atoms with Crippen molar-refractivity contribution in [2.24, 2.45) is 0 Å². The van der Waals surface area contributed by atoms with Gasteiger partial charge in [0.05, 0.1) is 8.07 Å². The molecule has 0 heterocycles. The molecular weight excluding hydrogens is 376 g/mol. The fourth-order valence-corrected chi connectivity index (χ4v) is 6.12. The summed E-state index contributed by atoms with van der Waals surface area (Å²) >= 11 is 0. The Labute approximate surface area is 185 Å². The topological polar surface area (TPSA) is 0 Å². The van der Waals surface area contributed by atoms with Crippen LogP contribution in [0.5, 0.6) is 0 Å². The monoisotopic (exact) mass is 414 g/mol. The maximum absolute atomic E-state index is 2.54. The molecule has 0 nitrogen and oxygen atoms in total. The second kappa shape index (κ2) is 6.82. The average molecular weight is 415 g/mol. The summed E-state index contributed by atoms with van der Waals surface area (Å²) in [5.41, 5.74) is 10.6. The van der Waals surface area contributed by atoms with Crippen molar-refractivity contribution in [2.75, 3.05) is 0 Å². The Morgan fingerprint density at radius 2 is 1.47 bits per heavy atom. The van der Waals surface area contributed by atoms with Crippen LogP contribution in [0.1, 0.15) is 75.3 Å². The smallest absolute Gasteiger partial charge is 0.0740 e. The van der Waals surface area contributed by atoms with Crippen molar-refractivity contribution < 1.29 is 0 Å². The van der Waals surface area contributed by atoms with E-state index in [0.29, 0.717) is 5.92 Å². The van der Waals surface area contributed by atoms with E-state index in [9.17, 15) is 0 Å². The van der Waals surface area contributed by atoms with Crippen LogP contribution in [0.15, 0.2) is 53.8 Å². The zero-order valence-corrected chi connectivity index (χ0v) is 21.4. The Hall–Kier alpha value is -1.86. The Morgan fingerprint density at radius 1 is 0.800 bits per heavy atom. The molecule has 30 heavy (non-hydrogen) atoms. The fourth-order valence-electron chi connectivity index (χ4n) is 4.84. The minimum atomic E-state index is -1.28. The molecule has 0 bridgehead atoms. The van der Waals surface area contributed by atoms with E-state index in [1.165, 1.54) is 38.9 Å². The van der Waals surface area contributed by atoms with Gasteiger partial charge in [0, 0.05) is 5.92 Å². The van der Waals surface area contributed by atoms with Gasteiger partial charge in [0.1, 0.15) is 0 Å². The van der Waals surface area contributed by atoms with Gasteiger partial charge in [-0.15, -0.1) is 0 Å². The first-order valence-corrected chi connectivity index (χ1v) is 15.0. The number of hydrogen-bond donors (Lipinski definition) is 0. The molecule has 1 unspecified atom stereocenters. The van der Waals surface area contributed by atoms with E-state index in [2.05, 4.69) is 110 Å². The van der Waals surface area contributed by atoms with Crippen LogP contribution in [-0.4, -0.2) is 8.07 Å². The maximum Gasteiger partial charge on any atom is 0.0772 e. The van der Waals surface area contributed by atoms with Crippen LogP contribution in [0.4, 0.5) is 0 Å². The molecule has 2 aliphatic rings. The first-order valence-electron chi connectivity index (χ1n) is 11.5. The summed E-state index contributed by atoms with van der Waals surface area (Å²) in [5.74, 6) is 0.417. The molecule has 0 radical (unpaired) electrons. The van der Waals surface area contributed by atoms with Crippen molar-refractivity contribution in [3.05, 3.63) is 81.6 Å².